The molecule has 1 saturated heterocycles. The normalized spacial score (nSPS) is 19.2. The number of benzene rings is 1. The monoisotopic (exact) mass is 290 g/mol. The zero-order valence-electron chi connectivity index (χ0n) is 11.5. The lowest BCUT2D eigenvalue weighted by atomic mass is 9.96. The summed E-state index contributed by atoms with van der Waals surface area (Å²) in [6.45, 7) is 3.85. The third kappa shape index (κ3) is 2.55. The molecule has 1 aliphatic heterocycles. The second kappa shape index (κ2) is 5.50. The molecule has 3 rings (SSSR count). The van der Waals surface area contributed by atoms with Crippen molar-refractivity contribution in [1.29, 1.82) is 0 Å². The zero-order valence-corrected chi connectivity index (χ0v) is 12.3. The van der Waals surface area contributed by atoms with Gasteiger partial charge in [0, 0.05) is 0 Å². The molecule has 1 aromatic carbocycles. The summed E-state index contributed by atoms with van der Waals surface area (Å²) in [7, 11) is 0. The summed E-state index contributed by atoms with van der Waals surface area (Å²) in [6.07, 6.45) is 1.48. The Bertz CT molecular complexity index is 584. The van der Waals surface area contributed by atoms with Crippen LogP contribution in [0.4, 0.5) is 0 Å². The van der Waals surface area contributed by atoms with E-state index in [1.807, 2.05) is 18.2 Å². The number of thiazole rings is 1. The number of hydrogen-bond donors (Lipinski definition) is 1. The average molecular weight is 290 g/mol. The fraction of sp³-hybridized carbons (Fsp3) is 0.467. The number of likely N-dealkylation sites (tertiary alicyclic amines) is 1. The van der Waals surface area contributed by atoms with Crippen LogP contribution < -0.4 is 0 Å². The number of aromatic nitrogens is 1. The van der Waals surface area contributed by atoms with Crippen LogP contribution in [-0.2, 0) is 4.79 Å². The Morgan fingerprint density at radius 3 is 2.75 bits per heavy atom. The van der Waals surface area contributed by atoms with E-state index < -0.39 is 5.97 Å². The Hall–Kier alpha value is -1.46. The van der Waals surface area contributed by atoms with Crippen molar-refractivity contribution in [2.45, 2.75) is 25.8 Å². The van der Waals surface area contributed by atoms with Gasteiger partial charge < -0.3 is 5.11 Å². The smallest absolute Gasteiger partial charge is 0.306 e. The fourth-order valence-electron chi connectivity index (χ4n) is 2.76. The molecule has 0 amide bonds. The van der Waals surface area contributed by atoms with Crippen LogP contribution in [0.25, 0.3) is 10.2 Å². The van der Waals surface area contributed by atoms with E-state index in [9.17, 15) is 4.79 Å². The topological polar surface area (TPSA) is 53.4 Å². The molecule has 1 aromatic heterocycles. The number of rotatable bonds is 3. The highest BCUT2D eigenvalue weighted by Gasteiger charge is 2.28. The van der Waals surface area contributed by atoms with Gasteiger partial charge in [0.1, 0.15) is 5.01 Å². The predicted molar refractivity (Wildman–Crippen MR) is 80.0 cm³/mol. The van der Waals surface area contributed by atoms with Crippen LogP contribution in [0.1, 0.15) is 30.8 Å². The van der Waals surface area contributed by atoms with Crippen molar-refractivity contribution >= 4 is 27.5 Å². The average Bonchev–Trinajstić information content (AvgIpc) is 2.90. The lowest BCUT2D eigenvalue weighted by molar-refractivity contribution is -0.143. The van der Waals surface area contributed by atoms with Gasteiger partial charge in [-0.3, -0.25) is 9.69 Å². The highest BCUT2D eigenvalue weighted by molar-refractivity contribution is 7.18. The Morgan fingerprint density at radius 1 is 1.40 bits per heavy atom. The summed E-state index contributed by atoms with van der Waals surface area (Å²) in [5.74, 6) is -0.828. The molecule has 20 heavy (non-hydrogen) atoms. The molecule has 2 heterocycles. The number of carboxylic acids is 1. The lowest BCUT2D eigenvalue weighted by Crippen LogP contribution is -2.37. The van der Waals surface area contributed by atoms with E-state index in [-0.39, 0.29) is 12.0 Å². The Labute approximate surface area is 122 Å². The minimum atomic E-state index is -0.655. The number of nitrogens with zero attached hydrogens (tertiary/aromatic N) is 2. The molecule has 1 fully saturated rings. The summed E-state index contributed by atoms with van der Waals surface area (Å²) in [6, 6.07) is 8.45. The lowest BCUT2D eigenvalue weighted by Gasteiger charge is -2.33. The van der Waals surface area contributed by atoms with Crippen LogP contribution in [0, 0.1) is 5.92 Å². The van der Waals surface area contributed by atoms with Crippen molar-refractivity contribution in [3.8, 4) is 0 Å². The maximum absolute atomic E-state index is 11.0. The third-order valence-corrected chi connectivity index (χ3v) is 5.30. The summed E-state index contributed by atoms with van der Waals surface area (Å²) in [5, 5.41) is 10.2. The van der Waals surface area contributed by atoms with E-state index in [2.05, 4.69) is 17.9 Å². The van der Waals surface area contributed by atoms with Crippen LogP contribution in [0.2, 0.25) is 0 Å². The van der Waals surface area contributed by atoms with Gasteiger partial charge in [-0.25, -0.2) is 4.98 Å². The molecular formula is C15H18N2O2S. The van der Waals surface area contributed by atoms with Crippen molar-refractivity contribution in [3.63, 3.8) is 0 Å². The summed E-state index contributed by atoms with van der Waals surface area (Å²) < 4.78 is 1.22. The molecule has 0 bridgehead atoms. The quantitative estimate of drug-likeness (QED) is 0.943. The number of piperidine rings is 1. The number of aliphatic carboxylic acids is 1. The van der Waals surface area contributed by atoms with Crippen LogP contribution in [0.3, 0.4) is 0 Å². The molecule has 4 nitrogen and oxygen atoms in total. The van der Waals surface area contributed by atoms with E-state index >= 15 is 0 Å². The van der Waals surface area contributed by atoms with Gasteiger partial charge in [0.2, 0.25) is 0 Å². The molecule has 0 saturated carbocycles. The number of carbonyl (C=O) groups is 1. The molecule has 1 N–H and O–H groups in total. The SMILES string of the molecule is CC(c1nc2ccccc2s1)N1CCC(C(=O)O)CC1. The predicted octanol–water partition coefficient (Wildman–Crippen LogP) is 3.15. The number of para-hydroxylation sites is 1. The largest absolute Gasteiger partial charge is 0.481 e. The van der Waals surface area contributed by atoms with Crippen molar-refractivity contribution in [2.24, 2.45) is 5.92 Å². The summed E-state index contributed by atoms with van der Waals surface area (Å²) >= 11 is 1.74. The standard InChI is InChI=1S/C15H18N2O2S/c1-10(17-8-6-11(7-9-17)15(18)19)14-16-12-4-2-3-5-13(12)20-14/h2-5,10-11H,6-9H2,1H3,(H,18,19). The molecule has 2 aromatic rings. The van der Waals surface area contributed by atoms with Gasteiger partial charge >= 0.3 is 5.97 Å². The van der Waals surface area contributed by atoms with Crippen LogP contribution in [0.5, 0.6) is 0 Å². The van der Waals surface area contributed by atoms with Crippen molar-refractivity contribution in [1.82, 2.24) is 9.88 Å². The molecule has 5 heteroatoms. The first-order valence-corrected chi connectivity index (χ1v) is 7.79. The second-order valence-corrected chi connectivity index (χ2v) is 6.41. The van der Waals surface area contributed by atoms with Gasteiger partial charge in [0.05, 0.1) is 22.2 Å². The van der Waals surface area contributed by atoms with E-state index in [0.29, 0.717) is 0 Å². The highest BCUT2D eigenvalue weighted by atomic mass is 32.1. The molecule has 1 unspecified atom stereocenters. The molecule has 0 radical (unpaired) electrons. The molecule has 106 valence electrons. The highest BCUT2D eigenvalue weighted by Crippen LogP contribution is 2.31. The van der Waals surface area contributed by atoms with Gasteiger partial charge in [-0.15, -0.1) is 11.3 Å². The molecule has 0 aliphatic carbocycles. The van der Waals surface area contributed by atoms with Crippen molar-refractivity contribution in [2.75, 3.05) is 13.1 Å². The number of carboxylic acid groups (broad SMARTS) is 1. The first-order valence-electron chi connectivity index (χ1n) is 6.97. The van der Waals surface area contributed by atoms with Crippen LogP contribution in [0.15, 0.2) is 24.3 Å². The zero-order chi connectivity index (χ0) is 14.1. The summed E-state index contributed by atoms with van der Waals surface area (Å²) in [4.78, 5) is 18.0. The maximum Gasteiger partial charge on any atom is 0.306 e. The third-order valence-electron chi connectivity index (χ3n) is 4.09. The minimum Gasteiger partial charge on any atom is -0.481 e. The van der Waals surface area contributed by atoms with E-state index in [4.69, 9.17) is 10.1 Å². The number of fused-ring (bicyclic) bond motifs is 1. The molecule has 1 atom stereocenters. The van der Waals surface area contributed by atoms with Gasteiger partial charge in [0.15, 0.2) is 0 Å². The van der Waals surface area contributed by atoms with E-state index in [0.717, 1.165) is 36.5 Å². The molecular weight excluding hydrogens is 272 g/mol. The van der Waals surface area contributed by atoms with Gasteiger partial charge in [0.25, 0.3) is 0 Å². The van der Waals surface area contributed by atoms with Crippen LogP contribution >= 0.6 is 11.3 Å². The molecule has 1 aliphatic rings. The van der Waals surface area contributed by atoms with E-state index in [1.54, 1.807) is 11.3 Å². The van der Waals surface area contributed by atoms with Crippen molar-refractivity contribution < 1.29 is 9.90 Å². The first-order chi connectivity index (χ1) is 9.65. The van der Waals surface area contributed by atoms with Crippen molar-refractivity contribution in [3.05, 3.63) is 29.3 Å². The number of hydrogen-bond acceptors (Lipinski definition) is 4. The Balaban J connectivity index is 1.73. The van der Waals surface area contributed by atoms with E-state index in [1.165, 1.54) is 4.70 Å². The van der Waals surface area contributed by atoms with Gasteiger partial charge in [-0.2, -0.15) is 0 Å². The molecule has 0 spiro atoms. The Kier molecular flexibility index (Phi) is 3.72. The first kappa shape index (κ1) is 13.5. The minimum absolute atomic E-state index is 0.172. The Morgan fingerprint density at radius 2 is 2.10 bits per heavy atom. The van der Waals surface area contributed by atoms with Gasteiger partial charge in [-0.05, 0) is 45.0 Å². The van der Waals surface area contributed by atoms with Crippen LogP contribution in [-0.4, -0.2) is 34.0 Å². The fourth-order valence-corrected chi connectivity index (χ4v) is 3.81. The summed E-state index contributed by atoms with van der Waals surface area (Å²) in [5.41, 5.74) is 1.06. The second-order valence-electron chi connectivity index (χ2n) is 5.34. The van der Waals surface area contributed by atoms with Gasteiger partial charge in [-0.1, -0.05) is 12.1 Å². The maximum atomic E-state index is 11.0.